The molecule has 0 aromatic rings. The maximum absolute atomic E-state index is 11.0. The van der Waals surface area contributed by atoms with Gasteiger partial charge >= 0.3 is 12.1 Å². The van der Waals surface area contributed by atoms with Crippen molar-refractivity contribution >= 4 is 12.1 Å². The fourth-order valence-corrected chi connectivity index (χ4v) is 0.717. The van der Waals surface area contributed by atoms with Crippen LogP contribution in [-0.2, 0) is 19.0 Å². The molecule has 86 valence electrons. The van der Waals surface area contributed by atoms with E-state index in [1.54, 1.807) is 13.8 Å². The number of carbonyl (C=O) groups is 2. The number of amides is 1. The van der Waals surface area contributed by atoms with Crippen molar-refractivity contribution in [3.05, 3.63) is 0 Å². The zero-order chi connectivity index (χ0) is 11.3. The van der Waals surface area contributed by atoms with Gasteiger partial charge in [-0.05, 0) is 0 Å². The molecule has 6 heteroatoms. The van der Waals surface area contributed by atoms with Gasteiger partial charge in [-0.15, -0.1) is 0 Å². The summed E-state index contributed by atoms with van der Waals surface area (Å²) in [6, 6.07) is 0. The molecule has 0 aromatic heterocycles. The molecule has 1 rings (SSSR count). The van der Waals surface area contributed by atoms with Crippen LogP contribution in [0.25, 0.3) is 0 Å². The van der Waals surface area contributed by atoms with E-state index < -0.39 is 6.09 Å². The quantitative estimate of drug-likeness (QED) is 0.406. The van der Waals surface area contributed by atoms with E-state index in [2.05, 4.69) is 5.32 Å². The summed E-state index contributed by atoms with van der Waals surface area (Å²) in [5.74, 6) is -0.566. The minimum atomic E-state index is -0.609. The summed E-state index contributed by atoms with van der Waals surface area (Å²) in [5, 5.41) is 2.29. The van der Waals surface area contributed by atoms with Gasteiger partial charge in [-0.2, -0.15) is 0 Å². The van der Waals surface area contributed by atoms with E-state index in [4.69, 9.17) is 14.2 Å². The number of ether oxygens (including phenoxy) is 3. The standard InChI is InChI=1S/C9H15NO5/c1-6(2)8(11)15-5-10-9(12)14-4-7-3-13-7/h6-7H,3-5H2,1-2H3,(H,10,12). The number of esters is 1. The lowest BCUT2D eigenvalue weighted by molar-refractivity contribution is -0.147. The second kappa shape index (κ2) is 5.55. The summed E-state index contributed by atoms with van der Waals surface area (Å²) in [5.41, 5.74) is 0. The Kier molecular flexibility index (Phi) is 4.36. The van der Waals surface area contributed by atoms with Gasteiger partial charge in [0.05, 0.1) is 12.5 Å². The Balaban J connectivity index is 1.98. The molecule has 0 bridgehead atoms. The molecule has 1 unspecified atom stereocenters. The van der Waals surface area contributed by atoms with Crippen LogP contribution < -0.4 is 5.32 Å². The molecule has 0 spiro atoms. The lowest BCUT2D eigenvalue weighted by Crippen LogP contribution is -2.30. The fourth-order valence-electron chi connectivity index (χ4n) is 0.717. The molecule has 1 aliphatic heterocycles. The molecule has 1 atom stereocenters. The predicted molar refractivity (Wildman–Crippen MR) is 50.0 cm³/mol. The molecule has 0 radical (unpaired) electrons. The monoisotopic (exact) mass is 217 g/mol. The first-order valence-corrected chi connectivity index (χ1v) is 4.78. The normalized spacial score (nSPS) is 18.5. The Hall–Kier alpha value is -1.30. The zero-order valence-electron chi connectivity index (χ0n) is 8.82. The molecule has 1 amide bonds. The smallest absolute Gasteiger partial charge is 0.409 e. The van der Waals surface area contributed by atoms with Gasteiger partial charge in [-0.3, -0.25) is 10.1 Å². The summed E-state index contributed by atoms with van der Waals surface area (Å²) in [4.78, 5) is 21.9. The summed E-state index contributed by atoms with van der Waals surface area (Å²) >= 11 is 0. The highest BCUT2D eigenvalue weighted by Gasteiger charge is 2.24. The van der Waals surface area contributed by atoms with E-state index in [-0.39, 0.29) is 31.3 Å². The van der Waals surface area contributed by atoms with Gasteiger partial charge in [0.2, 0.25) is 0 Å². The summed E-state index contributed by atoms with van der Waals surface area (Å²) in [6.45, 7) is 4.14. The van der Waals surface area contributed by atoms with Crippen LogP contribution in [0.3, 0.4) is 0 Å². The largest absolute Gasteiger partial charge is 0.447 e. The first-order chi connectivity index (χ1) is 7.09. The zero-order valence-corrected chi connectivity index (χ0v) is 8.82. The topological polar surface area (TPSA) is 77.2 Å². The first-order valence-electron chi connectivity index (χ1n) is 4.78. The van der Waals surface area contributed by atoms with Crippen molar-refractivity contribution in [1.29, 1.82) is 0 Å². The van der Waals surface area contributed by atoms with Gasteiger partial charge in [0, 0.05) is 0 Å². The summed E-state index contributed by atoms with van der Waals surface area (Å²) < 4.78 is 14.3. The van der Waals surface area contributed by atoms with Crippen molar-refractivity contribution in [1.82, 2.24) is 5.32 Å². The average molecular weight is 217 g/mol. The molecule has 0 aromatic carbocycles. The van der Waals surface area contributed by atoms with Crippen molar-refractivity contribution in [2.24, 2.45) is 5.92 Å². The third kappa shape index (κ3) is 5.21. The number of hydrogen-bond donors (Lipinski definition) is 1. The number of alkyl carbamates (subject to hydrolysis) is 1. The van der Waals surface area contributed by atoms with E-state index in [0.29, 0.717) is 6.61 Å². The Morgan fingerprint density at radius 3 is 2.67 bits per heavy atom. The molecule has 0 aliphatic carbocycles. The third-order valence-electron chi connectivity index (χ3n) is 1.71. The molecule has 1 saturated heterocycles. The highest BCUT2D eigenvalue weighted by atomic mass is 16.6. The fraction of sp³-hybridized carbons (Fsp3) is 0.778. The van der Waals surface area contributed by atoms with Crippen LogP contribution in [0.1, 0.15) is 13.8 Å². The van der Waals surface area contributed by atoms with E-state index >= 15 is 0 Å². The SMILES string of the molecule is CC(C)C(=O)OCNC(=O)OCC1CO1. The summed E-state index contributed by atoms with van der Waals surface area (Å²) in [6.07, 6.45) is -0.573. The average Bonchev–Trinajstić information content (AvgIpc) is 2.97. The molecule has 15 heavy (non-hydrogen) atoms. The number of rotatable bonds is 5. The van der Waals surface area contributed by atoms with Gasteiger partial charge < -0.3 is 14.2 Å². The molecule has 6 nitrogen and oxygen atoms in total. The maximum Gasteiger partial charge on any atom is 0.409 e. The van der Waals surface area contributed by atoms with Crippen molar-refractivity contribution in [2.75, 3.05) is 19.9 Å². The van der Waals surface area contributed by atoms with Crippen LogP contribution in [0.4, 0.5) is 4.79 Å². The molecular weight excluding hydrogens is 202 g/mol. The van der Waals surface area contributed by atoms with Crippen molar-refractivity contribution in [2.45, 2.75) is 20.0 Å². The van der Waals surface area contributed by atoms with E-state index in [0.717, 1.165) is 0 Å². The van der Waals surface area contributed by atoms with Gasteiger partial charge in [-0.25, -0.2) is 4.79 Å². The van der Waals surface area contributed by atoms with Gasteiger partial charge in [0.1, 0.15) is 12.7 Å². The maximum atomic E-state index is 11.0. The Morgan fingerprint density at radius 2 is 2.13 bits per heavy atom. The minimum absolute atomic E-state index is 0.0361. The molecule has 0 saturated carbocycles. The lowest BCUT2D eigenvalue weighted by atomic mass is 10.2. The molecular formula is C9H15NO5. The summed E-state index contributed by atoms with van der Waals surface area (Å²) in [7, 11) is 0. The highest BCUT2D eigenvalue weighted by Crippen LogP contribution is 2.08. The molecule has 1 heterocycles. The molecule has 1 N–H and O–H groups in total. The van der Waals surface area contributed by atoms with Crippen LogP contribution in [0.2, 0.25) is 0 Å². The number of hydrogen-bond acceptors (Lipinski definition) is 5. The minimum Gasteiger partial charge on any atom is -0.447 e. The van der Waals surface area contributed by atoms with Crippen LogP contribution in [0, 0.1) is 5.92 Å². The Labute approximate surface area is 87.9 Å². The first kappa shape index (κ1) is 11.8. The van der Waals surface area contributed by atoms with Gasteiger partial charge in [0.15, 0.2) is 6.73 Å². The van der Waals surface area contributed by atoms with Crippen molar-refractivity contribution < 1.29 is 23.8 Å². The second-order valence-electron chi connectivity index (χ2n) is 3.49. The Morgan fingerprint density at radius 1 is 1.47 bits per heavy atom. The van der Waals surface area contributed by atoms with E-state index in [1.807, 2.05) is 0 Å². The number of nitrogens with one attached hydrogen (secondary N) is 1. The predicted octanol–water partition coefficient (Wildman–Crippen LogP) is 0.268. The van der Waals surface area contributed by atoms with Crippen molar-refractivity contribution in [3.8, 4) is 0 Å². The van der Waals surface area contributed by atoms with Gasteiger partial charge in [0.25, 0.3) is 0 Å². The highest BCUT2D eigenvalue weighted by molar-refractivity contribution is 5.72. The van der Waals surface area contributed by atoms with Crippen LogP contribution in [0.15, 0.2) is 0 Å². The van der Waals surface area contributed by atoms with E-state index in [1.165, 1.54) is 0 Å². The molecule has 1 aliphatic rings. The third-order valence-corrected chi connectivity index (χ3v) is 1.71. The van der Waals surface area contributed by atoms with Crippen LogP contribution in [-0.4, -0.2) is 38.1 Å². The second-order valence-corrected chi connectivity index (χ2v) is 3.49. The van der Waals surface area contributed by atoms with Gasteiger partial charge in [-0.1, -0.05) is 13.8 Å². The lowest BCUT2D eigenvalue weighted by Gasteiger charge is -2.08. The van der Waals surface area contributed by atoms with E-state index in [9.17, 15) is 9.59 Å². The van der Waals surface area contributed by atoms with Crippen LogP contribution in [0.5, 0.6) is 0 Å². The number of epoxide rings is 1. The Bertz CT molecular complexity index is 237. The van der Waals surface area contributed by atoms with Crippen molar-refractivity contribution in [3.63, 3.8) is 0 Å². The number of carbonyl (C=O) groups excluding carboxylic acids is 2. The van der Waals surface area contributed by atoms with Crippen LogP contribution >= 0.6 is 0 Å². The molecule has 1 fully saturated rings.